The van der Waals surface area contributed by atoms with Crippen LogP contribution in [0.3, 0.4) is 0 Å². The second-order valence-corrected chi connectivity index (χ2v) is 5.84. The molecule has 0 bridgehead atoms. The van der Waals surface area contributed by atoms with Crippen LogP contribution in [0, 0.1) is 0 Å². The Labute approximate surface area is 147 Å². The molecule has 1 heterocycles. The van der Waals surface area contributed by atoms with Gasteiger partial charge in [-0.25, -0.2) is 4.79 Å². The quantitative estimate of drug-likeness (QED) is 0.817. The summed E-state index contributed by atoms with van der Waals surface area (Å²) in [4.78, 5) is 18.2. The lowest BCUT2D eigenvalue weighted by Gasteiger charge is -2.34. The van der Waals surface area contributed by atoms with Gasteiger partial charge in [0.15, 0.2) is 0 Å². The van der Waals surface area contributed by atoms with Gasteiger partial charge in [-0.1, -0.05) is 36.9 Å². The second kappa shape index (κ2) is 7.21. The summed E-state index contributed by atoms with van der Waals surface area (Å²) in [6.07, 6.45) is -0.567. The first-order valence-electron chi connectivity index (χ1n) is 7.98. The van der Waals surface area contributed by atoms with Crippen molar-refractivity contribution in [2.75, 3.05) is 7.11 Å². The number of urea groups is 1. The molecule has 0 radical (unpaired) electrons. The summed E-state index contributed by atoms with van der Waals surface area (Å²) in [5.41, 5.74) is 2.47. The van der Waals surface area contributed by atoms with Gasteiger partial charge in [-0.3, -0.25) is 4.90 Å². The Bertz CT molecular complexity index is 797. The van der Waals surface area contributed by atoms with Crippen LogP contribution in [-0.4, -0.2) is 23.9 Å². The molecule has 0 fully saturated rings. The molecule has 1 unspecified atom stereocenters. The highest BCUT2D eigenvalue weighted by Crippen LogP contribution is 2.30. The summed E-state index contributed by atoms with van der Waals surface area (Å²) in [6.45, 7) is 6.01. The van der Waals surface area contributed by atoms with Crippen LogP contribution < -0.4 is 4.74 Å². The molecule has 3 rings (SSSR count). The van der Waals surface area contributed by atoms with Crippen molar-refractivity contribution in [3.05, 3.63) is 77.9 Å². The Balaban J connectivity index is 1.95. The number of carbonyl (C=O) groups excluding carboxylic acids is 1. The summed E-state index contributed by atoms with van der Waals surface area (Å²) < 4.78 is 11.2. The molecule has 1 aliphatic rings. The van der Waals surface area contributed by atoms with Gasteiger partial charge < -0.3 is 9.47 Å². The Kier molecular flexibility index (Phi) is 4.84. The molecular formula is C20H20N2O3. The number of ether oxygens (including phenoxy) is 2. The number of aliphatic imine (C=N–C) groups is 1. The standard InChI is InChI=1S/C20H20N2O3/c1-14(2)18-21-20(23)22(13-15-7-5-4-6-8-15)19(25-18)16-9-11-17(24-3)12-10-16/h4-12,19H,1,13H2,2-3H3. The largest absolute Gasteiger partial charge is 0.497 e. The molecule has 0 aliphatic carbocycles. The monoisotopic (exact) mass is 336 g/mol. The molecule has 2 aromatic rings. The maximum Gasteiger partial charge on any atom is 0.350 e. The minimum atomic E-state index is -0.567. The van der Waals surface area contributed by atoms with Crippen molar-refractivity contribution < 1.29 is 14.3 Å². The zero-order chi connectivity index (χ0) is 17.8. The molecular weight excluding hydrogens is 316 g/mol. The van der Waals surface area contributed by atoms with Crippen LogP contribution in [0.2, 0.25) is 0 Å². The van der Waals surface area contributed by atoms with Gasteiger partial charge in [-0.2, -0.15) is 4.99 Å². The zero-order valence-electron chi connectivity index (χ0n) is 14.3. The van der Waals surface area contributed by atoms with Crippen molar-refractivity contribution in [3.8, 4) is 5.75 Å². The van der Waals surface area contributed by atoms with E-state index in [4.69, 9.17) is 9.47 Å². The first-order chi connectivity index (χ1) is 12.1. The topological polar surface area (TPSA) is 51.1 Å². The number of amides is 2. The molecule has 0 saturated heterocycles. The Morgan fingerprint density at radius 3 is 2.48 bits per heavy atom. The highest BCUT2D eigenvalue weighted by Gasteiger charge is 2.33. The summed E-state index contributed by atoms with van der Waals surface area (Å²) in [7, 11) is 1.61. The summed E-state index contributed by atoms with van der Waals surface area (Å²) in [5.74, 6) is 1.02. The number of nitrogens with zero attached hydrogens (tertiary/aromatic N) is 2. The van der Waals surface area contributed by atoms with Gasteiger partial charge in [0.2, 0.25) is 12.1 Å². The number of methoxy groups -OCH3 is 1. The van der Waals surface area contributed by atoms with E-state index < -0.39 is 6.23 Å². The molecule has 2 aromatic carbocycles. The Hall–Kier alpha value is -3.08. The van der Waals surface area contributed by atoms with Gasteiger partial charge in [0, 0.05) is 11.1 Å². The van der Waals surface area contributed by atoms with E-state index >= 15 is 0 Å². The lowest BCUT2D eigenvalue weighted by Crippen LogP contribution is -2.39. The molecule has 0 N–H and O–H groups in total. The fourth-order valence-electron chi connectivity index (χ4n) is 2.59. The first-order valence-corrected chi connectivity index (χ1v) is 7.98. The second-order valence-electron chi connectivity index (χ2n) is 5.84. The molecule has 0 aromatic heterocycles. The minimum absolute atomic E-state index is 0.273. The summed E-state index contributed by atoms with van der Waals surface area (Å²) in [5, 5.41) is 0. The van der Waals surface area contributed by atoms with E-state index in [1.807, 2.05) is 54.6 Å². The predicted molar refractivity (Wildman–Crippen MR) is 96.5 cm³/mol. The van der Waals surface area contributed by atoms with Gasteiger partial charge in [0.05, 0.1) is 13.7 Å². The van der Waals surface area contributed by atoms with E-state index in [-0.39, 0.29) is 11.9 Å². The molecule has 5 nitrogen and oxygen atoms in total. The molecule has 1 aliphatic heterocycles. The van der Waals surface area contributed by atoms with E-state index in [1.165, 1.54) is 0 Å². The van der Waals surface area contributed by atoms with Crippen molar-refractivity contribution in [1.82, 2.24) is 4.90 Å². The molecule has 0 spiro atoms. The average molecular weight is 336 g/mol. The lowest BCUT2D eigenvalue weighted by atomic mass is 10.1. The lowest BCUT2D eigenvalue weighted by molar-refractivity contribution is 0.0282. The fraction of sp³-hybridized carbons (Fsp3) is 0.200. The van der Waals surface area contributed by atoms with Crippen LogP contribution in [0.15, 0.2) is 71.7 Å². The van der Waals surface area contributed by atoms with Gasteiger partial charge >= 0.3 is 6.03 Å². The molecule has 25 heavy (non-hydrogen) atoms. The number of hydrogen-bond donors (Lipinski definition) is 0. The predicted octanol–water partition coefficient (Wildman–Crippen LogP) is 4.32. The molecule has 128 valence electrons. The van der Waals surface area contributed by atoms with Crippen molar-refractivity contribution in [3.63, 3.8) is 0 Å². The number of carbonyl (C=O) groups is 1. The molecule has 5 heteroatoms. The maximum absolute atomic E-state index is 12.6. The number of benzene rings is 2. The van der Waals surface area contributed by atoms with Crippen LogP contribution in [-0.2, 0) is 11.3 Å². The summed E-state index contributed by atoms with van der Waals surface area (Å²) >= 11 is 0. The molecule has 1 atom stereocenters. The van der Waals surface area contributed by atoms with E-state index in [9.17, 15) is 4.79 Å². The SMILES string of the molecule is C=C(C)C1=NC(=O)N(Cc2ccccc2)C(c2ccc(OC)cc2)O1. The van der Waals surface area contributed by atoms with E-state index in [1.54, 1.807) is 18.9 Å². The third kappa shape index (κ3) is 3.71. The fourth-order valence-corrected chi connectivity index (χ4v) is 2.59. The van der Waals surface area contributed by atoms with Crippen LogP contribution in [0.25, 0.3) is 0 Å². The molecule has 2 amide bonds. The Morgan fingerprint density at radius 2 is 1.88 bits per heavy atom. The number of hydrogen-bond acceptors (Lipinski definition) is 3. The van der Waals surface area contributed by atoms with Crippen molar-refractivity contribution in [2.45, 2.75) is 19.7 Å². The average Bonchev–Trinajstić information content (AvgIpc) is 2.64. The first kappa shape index (κ1) is 16.8. The smallest absolute Gasteiger partial charge is 0.350 e. The van der Waals surface area contributed by atoms with Gasteiger partial charge in [-0.05, 0) is 36.8 Å². The van der Waals surface area contributed by atoms with Crippen LogP contribution in [0.1, 0.15) is 24.3 Å². The van der Waals surface area contributed by atoms with E-state index in [0.29, 0.717) is 12.1 Å². The van der Waals surface area contributed by atoms with Crippen molar-refractivity contribution in [2.24, 2.45) is 4.99 Å². The van der Waals surface area contributed by atoms with Gasteiger partial charge in [0.1, 0.15) is 5.75 Å². The van der Waals surface area contributed by atoms with Crippen LogP contribution in [0.4, 0.5) is 4.79 Å². The molecule has 0 saturated carbocycles. The van der Waals surface area contributed by atoms with E-state index in [2.05, 4.69) is 11.6 Å². The maximum atomic E-state index is 12.6. The highest BCUT2D eigenvalue weighted by molar-refractivity contribution is 6.01. The third-order valence-electron chi connectivity index (χ3n) is 3.91. The van der Waals surface area contributed by atoms with Crippen molar-refractivity contribution >= 4 is 11.9 Å². The van der Waals surface area contributed by atoms with Crippen LogP contribution in [0.5, 0.6) is 5.75 Å². The zero-order valence-corrected chi connectivity index (χ0v) is 14.3. The minimum Gasteiger partial charge on any atom is -0.497 e. The van der Waals surface area contributed by atoms with Crippen LogP contribution >= 0.6 is 0 Å². The normalized spacial score (nSPS) is 16.9. The van der Waals surface area contributed by atoms with Crippen molar-refractivity contribution in [1.29, 1.82) is 0 Å². The summed E-state index contributed by atoms with van der Waals surface area (Å²) in [6, 6.07) is 16.9. The van der Waals surface area contributed by atoms with Gasteiger partial charge in [-0.15, -0.1) is 0 Å². The Morgan fingerprint density at radius 1 is 1.20 bits per heavy atom. The number of rotatable bonds is 5. The third-order valence-corrected chi connectivity index (χ3v) is 3.91. The van der Waals surface area contributed by atoms with E-state index in [0.717, 1.165) is 16.9 Å². The highest BCUT2D eigenvalue weighted by atomic mass is 16.5. The van der Waals surface area contributed by atoms with Gasteiger partial charge in [0.25, 0.3) is 0 Å².